The Kier molecular flexibility index (Phi) is 2.36. The number of aliphatic hydroxyl groups excluding tert-OH is 1. The van der Waals surface area contributed by atoms with Crippen LogP contribution < -0.4 is 16.1 Å². The lowest BCUT2D eigenvalue weighted by Crippen LogP contribution is -2.35. The lowest BCUT2D eigenvalue weighted by Gasteiger charge is -2.16. The van der Waals surface area contributed by atoms with Gasteiger partial charge in [-0.2, -0.15) is 0 Å². The molecule has 0 bridgehead atoms. The third-order valence-corrected chi connectivity index (χ3v) is 2.63. The molecule has 1 aromatic rings. The summed E-state index contributed by atoms with van der Waals surface area (Å²) in [6.45, 7) is 1.12. The van der Waals surface area contributed by atoms with E-state index >= 15 is 0 Å². The van der Waals surface area contributed by atoms with Gasteiger partial charge in [0.25, 0.3) is 5.56 Å². The van der Waals surface area contributed by atoms with Crippen molar-refractivity contribution < 1.29 is 5.11 Å². The fraction of sp³-hybridized carbons (Fsp3) is 0.556. The fourth-order valence-corrected chi connectivity index (χ4v) is 1.67. The number of hydrogen-bond donors (Lipinski definition) is 2. The summed E-state index contributed by atoms with van der Waals surface area (Å²) in [6.07, 6.45) is 0.287. The maximum absolute atomic E-state index is 11.4. The van der Waals surface area contributed by atoms with Gasteiger partial charge >= 0.3 is 5.69 Å². The minimum Gasteiger partial charge on any atom is -0.391 e. The quantitative estimate of drug-likeness (QED) is 0.601. The van der Waals surface area contributed by atoms with Crippen LogP contribution in [0.2, 0.25) is 0 Å². The van der Waals surface area contributed by atoms with Crippen molar-refractivity contribution in [1.82, 2.24) is 9.55 Å². The van der Waals surface area contributed by atoms with Gasteiger partial charge in [-0.1, -0.05) is 0 Å². The van der Waals surface area contributed by atoms with E-state index in [1.807, 2.05) is 0 Å². The topological polar surface area (TPSA) is 78.3 Å². The van der Waals surface area contributed by atoms with Gasteiger partial charge in [-0.05, 0) is 6.42 Å². The highest BCUT2D eigenvalue weighted by molar-refractivity contribution is 5.38. The number of β-amino-alcohol motifs (C(OH)–C–C–N with tert-alkyl or cyclic N) is 1. The summed E-state index contributed by atoms with van der Waals surface area (Å²) in [6, 6.07) is 1.37. The van der Waals surface area contributed by atoms with Crippen LogP contribution in [0.1, 0.15) is 6.42 Å². The molecule has 6 heteroatoms. The summed E-state index contributed by atoms with van der Waals surface area (Å²) < 4.78 is 1.01. The van der Waals surface area contributed by atoms with E-state index in [0.29, 0.717) is 25.3 Å². The molecule has 0 aromatic carbocycles. The summed E-state index contributed by atoms with van der Waals surface area (Å²) in [5, 5.41) is 9.34. The van der Waals surface area contributed by atoms with Crippen molar-refractivity contribution >= 4 is 5.82 Å². The molecule has 2 N–H and O–H groups in total. The molecule has 0 radical (unpaired) electrons. The van der Waals surface area contributed by atoms with E-state index in [1.165, 1.54) is 13.1 Å². The number of rotatable bonds is 1. The van der Waals surface area contributed by atoms with Gasteiger partial charge in [0.05, 0.1) is 6.10 Å². The molecule has 1 saturated heterocycles. The molecule has 2 heterocycles. The minimum absolute atomic E-state index is 0.338. The highest BCUT2D eigenvalue weighted by Gasteiger charge is 2.21. The van der Waals surface area contributed by atoms with Crippen LogP contribution in [0, 0.1) is 0 Å². The fourth-order valence-electron chi connectivity index (χ4n) is 1.67. The number of nitrogens with zero attached hydrogens (tertiary/aromatic N) is 2. The second kappa shape index (κ2) is 3.54. The van der Waals surface area contributed by atoms with Crippen molar-refractivity contribution in [2.24, 2.45) is 7.05 Å². The Morgan fingerprint density at radius 3 is 2.80 bits per heavy atom. The van der Waals surface area contributed by atoms with Crippen LogP contribution in [-0.2, 0) is 7.05 Å². The largest absolute Gasteiger partial charge is 0.391 e. The molecule has 1 unspecified atom stereocenters. The molecule has 0 spiro atoms. The monoisotopic (exact) mass is 211 g/mol. The van der Waals surface area contributed by atoms with Gasteiger partial charge < -0.3 is 10.0 Å². The van der Waals surface area contributed by atoms with Gasteiger partial charge in [-0.25, -0.2) is 4.79 Å². The maximum atomic E-state index is 11.4. The Labute approximate surface area is 85.8 Å². The lowest BCUT2D eigenvalue weighted by atomic mass is 10.3. The van der Waals surface area contributed by atoms with E-state index in [9.17, 15) is 14.7 Å². The number of aliphatic hydroxyl groups is 1. The normalized spacial score (nSPS) is 20.9. The zero-order valence-electron chi connectivity index (χ0n) is 8.43. The van der Waals surface area contributed by atoms with E-state index in [1.54, 1.807) is 4.90 Å². The predicted molar refractivity (Wildman–Crippen MR) is 55.1 cm³/mol. The zero-order valence-corrected chi connectivity index (χ0v) is 8.43. The highest BCUT2D eigenvalue weighted by atomic mass is 16.3. The third-order valence-electron chi connectivity index (χ3n) is 2.63. The van der Waals surface area contributed by atoms with Crippen molar-refractivity contribution in [2.75, 3.05) is 18.0 Å². The molecule has 1 aliphatic heterocycles. The average molecular weight is 211 g/mol. The first kappa shape index (κ1) is 9.97. The van der Waals surface area contributed by atoms with Crippen LogP contribution >= 0.6 is 0 Å². The molecule has 82 valence electrons. The molecule has 6 nitrogen and oxygen atoms in total. The van der Waals surface area contributed by atoms with Crippen molar-refractivity contribution in [3.63, 3.8) is 0 Å². The second-order valence-corrected chi connectivity index (χ2v) is 3.75. The Hall–Kier alpha value is -1.56. The number of H-pyrrole nitrogens is 1. The molecular formula is C9H13N3O3. The van der Waals surface area contributed by atoms with Gasteiger partial charge in [-0.3, -0.25) is 14.3 Å². The summed E-state index contributed by atoms with van der Waals surface area (Å²) >= 11 is 0. The van der Waals surface area contributed by atoms with Gasteiger partial charge in [0.1, 0.15) is 5.82 Å². The Balaban J connectivity index is 2.38. The first-order chi connectivity index (χ1) is 7.08. The van der Waals surface area contributed by atoms with Crippen molar-refractivity contribution in [3.8, 4) is 0 Å². The van der Waals surface area contributed by atoms with E-state index in [2.05, 4.69) is 4.98 Å². The minimum atomic E-state index is -0.432. The van der Waals surface area contributed by atoms with E-state index in [4.69, 9.17) is 0 Å². The maximum Gasteiger partial charge on any atom is 0.329 e. The second-order valence-electron chi connectivity index (χ2n) is 3.75. The van der Waals surface area contributed by atoms with E-state index in [-0.39, 0.29) is 11.7 Å². The SMILES string of the molecule is Cn1c(=O)cc(N2CCC(O)C2)[nH]c1=O. The zero-order chi connectivity index (χ0) is 11.0. The van der Waals surface area contributed by atoms with Gasteiger partial charge in [0.15, 0.2) is 0 Å². The van der Waals surface area contributed by atoms with Crippen LogP contribution in [0.3, 0.4) is 0 Å². The summed E-state index contributed by atoms with van der Waals surface area (Å²) in [5.41, 5.74) is -0.769. The number of aromatic nitrogens is 2. The summed E-state index contributed by atoms with van der Waals surface area (Å²) in [5.74, 6) is 0.486. The third kappa shape index (κ3) is 1.80. The number of aromatic amines is 1. The molecule has 1 fully saturated rings. The Morgan fingerprint density at radius 1 is 1.53 bits per heavy atom. The van der Waals surface area contributed by atoms with E-state index < -0.39 is 5.69 Å². The summed E-state index contributed by atoms with van der Waals surface area (Å²) in [7, 11) is 1.42. The van der Waals surface area contributed by atoms with Crippen molar-refractivity contribution in [2.45, 2.75) is 12.5 Å². The molecular weight excluding hydrogens is 198 g/mol. The van der Waals surface area contributed by atoms with Crippen LogP contribution in [-0.4, -0.2) is 33.9 Å². The van der Waals surface area contributed by atoms with Crippen molar-refractivity contribution in [1.29, 1.82) is 0 Å². The van der Waals surface area contributed by atoms with Gasteiger partial charge in [0.2, 0.25) is 0 Å². The van der Waals surface area contributed by atoms with Gasteiger partial charge in [-0.15, -0.1) is 0 Å². The average Bonchev–Trinajstić information content (AvgIpc) is 2.60. The number of anilines is 1. The van der Waals surface area contributed by atoms with Crippen LogP contribution in [0.25, 0.3) is 0 Å². The molecule has 0 aliphatic carbocycles. The number of hydrogen-bond acceptors (Lipinski definition) is 4. The first-order valence-electron chi connectivity index (χ1n) is 4.81. The summed E-state index contributed by atoms with van der Waals surface area (Å²) in [4.78, 5) is 27.1. The highest BCUT2D eigenvalue weighted by Crippen LogP contribution is 2.14. The number of nitrogens with one attached hydrogen (secondary N) is 1. The molecule has 1 atom stereocenters. The molecule has 1 aromatic heterocycles. The molecule has 0 saturated carbocycles. The predicted octanol–water partition coefficient (Wildman–Crippen LogP) is -1.36. The first-order valence-corrected chi connectivity index (χ1v) is 4.81. The van der Waals surface area contributed by atoms with Crippen molar-refractivity contribution in [3.05, 3.63) is 26.9 Å². The van der Waals surface area contributed by atoms with Crippen LogP contribution in [0.15, 0.2) is 15.7 Å². The smallest absolute Gasteiger partial charge is 0.329 e. The molecule has 0 amide bonds. The molecule has 2 rings (SSSR count). The van der Waals surface area contributed by atoms with E-state index in [0.717, 1.165) is 4.57 Å². The van der Waals surface area contributed by atoms with Crippen LogP contribution in [0.5, 0.6) is 0 Å². The lowest BCUT2D eigenvalue weighted by molar-refractivity contribution is 0.198. The molecule has 15 heavy (non-hydrogen) atoms. The van der Waals surface area contributed by atoms with Crippen LogP contribution in [0.4, 0.5) is 5.82 Å². The molecule has 1 aliphatic rings. The Morgan fingerprint density at radius 2 is 2.27 bits per heavy atom. The van der Waals surface area contributed by atoms with Gasteiger partial charge in [0, 0.05) is 26.2 Å². The Bertz CT molecular complexity index is 445. The standard InChI is InChI=1S/C9H13N3O3/c1-11-8(14)4-7(10-9(11)15)12-3-2-6(13)5-12/h4,6,13H,2-3,5H2,1H3,(H,10,15).